The van der Waals surface area contributed by atoms with Crippen molar-refractivity contribution < 1.29 is 0 Å². The third-order valence-corrected chi connectivity index (χ3v) is 4.78. The van der Waals surface area contributed by atoms with Gasteiger partial charge in [-0.05, 0) is 76.4 Å². The van der Waals surface area contributed by atoms with E-state index in [-0.39, 0.29) is 0 Å². The largest absolute Gasteiger partial charge is 0.330 e. The zero-order valence-electron chi connectivity index (χ0n) is 13.0. The molecule has 0 spiro atoms. The van der Waals surface area contributed by atoms with Crippen LogP contribution in [0.3, 0.4) is 0 Å². The Kier molecular flexibility index (Phi) is 7.25. The quantitative estimate of drug-likeness (QED) is 0.753. The van der Waals surface area contributed by atoms with E-state index < -0.39 is 0 Å². The maximum Gasteiger partial charge on any atom is 0.00694 e. The topological polar surface area (TPSA) is 29.3 Å². The van der Waals surface area contributed by atoms with Gasteiger partial charge in [-0.1, -0.05) is 20.8 Å². The third-order valence-electron chi connectivity index (χ3n) is 4.78. The molecule has 0 saturated carbocycles. The average Bonchev–Trinajstić information content (AvgIpc) is 2.30. The lowest BCUT2D eigenvalue weighted by molar-refractivity contribution is 0.124. The first-order valence-corrected chi connectivity index (χ1v) is 7.98. The molecule has 0 aliphatic carbocycles. The molecular weight excluding hydrogens is 220 g/mol. The van der Waals surface area contributed by atoms with Crippen LogP contribution in [0, 0.1) is 17.8 Å². The lowest BCUT2D eigenvalue weighted by Crippen LogP contribution is -2.40. The Hall–Kier alpha value is -0.0800. The maximum atomic E-state index is 5.71. The van der Waals surface area contributed by atoms with Crippen molar-refractivity contribution in [2.75, 3.05) is 19.6 Å². The molecule has 0 bridgehead atoms. The Labute approximate surface area is 114 Å². The SMILES string of the molecule is CC1CCN(CCCC(CCN)C(C)C)C(C)C1. The van der Waals surface area contributed by atoms with Gasteiger partial charge in [-0.2, -0.15) is 0 Å². The summed E-state index contributed by atoms with van der Waals surface area (Å²) in [6.07, 6.45) is 6.68. The van der Waals surface area contributed by atoms with Crippen molar-refractivity contribution in [2.24, 2.45) is 23.5 Å². The fourth-order valence-electron chi connectivity index (χ4n) is 3.37. The van der Waals surface area contributed by atoms with Crippen molar-refractivity contribution in [1.82, 2.24) is 4.90 Å². The van der Waals surface area contributed by atoms with Crippen LogP contribution >= 0.6 is 0 Å². The van der Waals surface area contributed by atoms with Gasteiger partial charge in [-0.25, -0.2) is 0 Å². The molecule has 0 aromatic heterocycles. The molecule has 0 radical (unpaired) electrons. The molecule has 1 aliphatic heterocycles. The summed E-state index contributed by atoms with van der Waals surface area (Å²) in [4.78, 5) is 2.69. The first kappa shape index (κ1) is 16.0. The number of likely N-dealkylation sites (tertiary alicyclic amines) is 1. The van der Waals surface area contributed by atoms with Gasteiger partial charge in [0.1, 0.15) is 0 Å². The number of nitrogens with two attached hydrogens (primary N) is 1. The summed E-state index contributed by atoms with van der Waals surface area (Å²) in [6.45, 7) is 12.9. The van der Waals surface area contributed by atoms with Crippen LogP contribution in [0.25, 0.3) is 0 Å². The molecule has 1 fully saturated rings. The van der Waals surface area contributed by atoms with Gasteiger partial charge in [0.25, 0.3) is 0 Å². The van der Waals surface area contributed by atoms with Crippen LogP contribution in [-0.2, 0) is 0 Å². The number of hydrogen-bond donors (Lipinski definition) is 1. The molecule has 2 heteroatoms. The highest BCUT2D eigenvalue weighted by atomic mass is 15.2. The molecule has 0 amide bonds. The zero-order chi connectivity index (χ0) is 13.5. The highest BCUT2D eigenvalue weighted by Crippen LogP contribution is 2.24. The minimum absolute atomic E-state index is 0.785. The number of hydrogen-bond acceptors (Lipinski definition) is 2. The van der Waals surface area contributed by atoms with E-state index in [0.717, 1.165) is 30.3 Å². The van der Waals surface area contributed by atoms with Gasteiger partial charge in [0, 0.05) is 6.04 Å². The summed E-state index contributed by atoms with van der Waals surface area (Å²) in [5.74, 6) is 2.54. The summed E-state index contributed by atoms with van der Waals surface area (Å²) in [7, 11) is 0. The van der Waals surface area contributed by atoms with Gasteiger partial charge in [-0.15, -0.1) is 0 Å². The van der Waals surface area contributed by atoms with Crippen LogP contribution in [0.1, 0.15) is 59.8 Å². The zero-order valence-corrected chi connectivity index (χ0v) is 13.0. The lowest BCUT2D eigenvalue weighted by Gasteiger charge is -2.36. The fraction of sp³-hybridized carbons (Fsp3) is 1.00. The second-order valence-corrected chi connectivity index (χ2v) is 6.74. The van der Waals surface area contributed by atoms with E-state index in [9.17, 15) is 0 Å². The van der Waals surface area contributed by atoms with Crippen molar-refractivity contribution in [3.05, 3.63) is 0 Å². The van der Waals surface area contributed by atoms with Crippen LogP contribution < -0.4 is 5.73 Å². The monoisotopic (exact) mass is 254 g/mol. The molecule has 2 N–H and O–H groups in total. The number of nitrogens with zero attached hydrogens (tertiary/aromatic N) is 1. The first-order chi connectivity index (χ1) is 8.54. The number of piperidine rings is 1. The molecule has 1 heterocycles. The van der Waals surface area contributed by atoms with Gasteiger partial charge in [0.2, 0.25) is 0 Å². The Morgan fingerprint density at radius 2 is 1.94 bits per heavy atom. The third kappa shape index (κ3) is 5.27. The van der Waals surface area contributed by atoms with Crippen molar-refractivity contribution in [3.8, 4) is 0 Å². The molecule has 3 atom stereocenters. The van der Waals surface area contributed by atoms with Gasteiger partial charge >= 0.3 is 0 Å². The van der Waals surface area contributed by atoms with E-state index in [4.69, 9.17) is 5.73 Å². The number of rotatable bonds is 7. The molecule has 0 aromatic carbocycles. The van der Waals surface area contributed by atoms with Crippen molar-refractivity contribution in [3.63, 3.8) is 0 Å². The molecule has 3 unspecified atom stereocenters. The van der Waals surface area contributed by atoms with Crippen molar-refractivity contribution in [2.45, 2.75) is 65.8 Å². The normalized spacial score (nSPS) is 27.7. The summed E-state index contributed by atoms with van der Waals surface area (Å²) in [5, 5.41) is 0. The van der Waals surface area contributed by atoms with Gasteiger partial charge in [-0.3, -0.25) is 0 Å². The van der Waals surface area contributed by atoms with E-state index in [1.165, 1.54) is 45.2 Å². The van der Waals surface area contributed by atoms with E-state index in [0.29, 0.717) is 0 Å². The minimum atomic E-state index is 0.785. The standard InChI is InChI=1S/C16H34N2/c1-13(2)16(7-9-17)6-5-10-18-11-8-14(3)12-15(18)4/h13-16H,5-12,17H2,1-4H3. The molecule has 0 aromatic rings. The molecule has 2 nitrogen and oxygen atoms in total. The summed E-state index contributed by atoms with van der Waals surface area (Å²) >= 11 is 0. The van der Waals surface area contributed by atoms with Crippen molar-refractivity contribution in [1.29, 1.82) is 0 Å². The van der Waals surface area contributed by atoms with E-state index >= 15 is 0 Å². The molecule has 1 aliphatic rings. The van der Waals surface area contributed by atoms with Gasteiger partial charge < -0.3 is 10.6 Å². The predicted molar refractivity (Wildman–Crippen MR) is 80.7 cm³/mol. The summed E-state index contributed by atoms with van der Waals surface area (Å²) < 4.78 is 0. The van der Waals surface area contributed by atoms with Crippen molar-refractivity contribution >= 4 is 0 Å². The van der Waals surface area contributed by atoms with E-state index in [1.807, 2.05) is 0 Å². The minimum Gasteiger partial charge on any atom is -0.330 e. The van der Waals surface area contributed by atoms with Crippen LogP contribution in [0.4, 0.5) is 0 Å². The molecule has 1 saturated heterocycles. The highest BCUT2D eigenvalue weighted by molar-refractivity contribution is 4.77. The van der Waals surface area contributed by atoms with Crippen LogP contribution in [-0.4, -0.2) is 30.6 Å². The van der Waals surface area contributed by atoms with E-state index in [2.05, 4.69) is 32.6 Å². The van der Waals surface area contributed by atoms with Crippen LogP contribution in [0.2, 0.25) is 0 Å². The average molecular weight is 254 g/mol. The molecule has 18 heavy (non-hydrogen) atoms. The summed E-state index contributed by atoms with van der Waals surface area (Å²) in [6, 6.07) is 0.792. The lowest BCUT2D eigenvalue weighted by atomic mass is 9.87. The highest BCUT2D eigenvalue weighted by Gasteiger charge is 2.22. The second kappa shape index (κ2) is 8.16. The first-order valence-electron chi connectivity index (χ1n) is 7.98. The molecule has 1 rings (SSSR count). The molecular formula is C16H34N2. The van der Waals surface area contributed by atoms with Gasteiger partial charge in [0.05, 0.1) is 0 Å². The Morgan fingerprint density at radius 1 is 1.22 bits per heavy atom. The summed E-state index contributed by atoms with van der Waals surface area (Å²) in [5.41, 5.74) is 5.71. The predicted octanol–water partition coefficient (Wildman–Crippen LogP) is 3.51. The fourth-order valence-corrected chi connectivity index (χ4v) is 3.37. The Bertz CT molecular complexity index is 215. The second-order valence-electron chi connectivity index (χ2n) is 6.74. The maximum absolute atomic E-state index is 5.71. The Morgan fingerprint density at radius 3 is 2.50 bits per heavy atom. The van der Waals surface area contributed by atoms with Crippen LogP contribution in [0.15, 0.2) is 0 Å². The van der Waals surface area contributed by atoms with Gasteiger partial charge in [0.15, 0.2) is 0 Å². The van der Waals surface area contributed by atoms with E-state index in [1.54, 1.807) is 0 Å². The van der Waals surface area contributed by atoms with Crippen LogP contribution in [0.5, 0.6) is 0 Å². The Balaban J connectivity index is 2.23. The smallest absolute Gasteiger partial charge is 0.00694 e. The molecule has 108 valence electrons.